The van der Waals surface area contributed by atoms with E-state index >= 15 is 0 Å². The maximum absolute atomic E-state index is 4.52. The molecule has 3 atom stereocenters. The van der Waals surface area contributed by atoms with Gasteiger partial charge in [-0.15, -0.1) is 0 Å². The van der Waals surface area contributed by atoms with Crippen molar-refractivity contribution in [3.63, 3.8) is 0 Å². The molecule has 18 heavy (non-hydrogen) atoms. The lowest BCUT2D eigenvalue weighted by atomic mass is 9.83. The van der Waals surface area contributed by atoms with Crippen LogP contribution in [0, 0.1) is 5.92 Å². The molecule has 0 saturated heterocycles. The van der Waals surface area contributed by atoms with Crippen LogP contribution in [0.25, 0.3) is 11.0 Å². The molecule has 0 spiro atoms. The average Bonchev–Trinajstić information content (AvgIpc) is 2.82. The Morgan fingerprint density at radius 1 is 1.28 bits per heavy atom. The van der Waals surface area contributed by atoms with Gasteiger partial charge in [0.2, 0.25) is 0 Å². The highest BCUT2D eigenvalue weighted by atomic mass is 15.1. The molecule has 1 aliphatic carbocycles. The van der Waals surface area contributed by atoms with E-state index in [9.17, 15) is 0 Å². The fraction of sp³-hybridized carbons (Fsp3) is 0.533. The molecule has 1 fully saturated rings. The van der Waals surface area contributed by atoms with Crippen LogP contribution < -0.4 is 5.32 Å². The Morgan fingerprint density at radius 3 is 2.94 bits per heavy atom. The summed E-state index contributed by atoms with van der Waals surface area (Å²) in [7, 11) is 2.08. The van der Waals surface area contributed by atoms with Crippen molar-refractivity contribution in [1.82, 2.24) is 14.9 Å². The molecule has 3 nitrogen and oxygen atoms in total. The standard InChI is InChI=1S/C15H21N3/c1-11-7-8-12(16-2)15(9-11)18-10-17-13-5-3-4-6-14(13)18/h3-6,10-12,15-16H,7-9H2,1-2H3. The Labute approximate surface area is 108 Å². The fourth-order valence-electron chi connectivity index (χ4n) is 3.24. The minimum atomic E-state index is 0.533. The number of para-hydroxylation sites is 2. The maximum Gasteiger partial charge on any atom is 0.0961 e. The maximum atomic E-state index is 4.52. The van der Waals surface area contributed by atoms with Crippen LogP contribution in [0.2, 0.25) is 0 Å². The summed E-state index contributed by atoms with van der Waals surface area (Å²) >= 11 is 0. The van der Waals surface area contributed by atoms with Gasteiger partial charge in [0, 0.05) is 6.04 Å². The Morgan fingerprint density at radius 2 is 2.11 bits per heavy atom. The fourth-order valence-corrected chi connectivity index (χ4v) is 3.24. The lowest BCUT2D eigenvalue weighted by Gasteiger charge is -2.35. The number of benzene rings is 1. The summed E-state index contributed by atoms with van der Waals surface area (Å²) < 4.78 is 2.37. The zero-order valence-corrected chi connectivity index (χ0v) is 11.1. The van der Waals surface area contributed by atoms with Crippen molar-refractivity contribution in [2.45, 2.75) is 38.3 Å². The van der Waals surface area contributed by atoms with Crippen molar-refractivity contribution in [3.05, 3.63) is 30.6 Å². The number of hydrogen-bond acceptors (Lipinski definition) is 2. The van der Waals surface area contributed by atoms with E-state index in [-0.39, 0.29) is 0 Å². The van der Waals surface area contributed by atoms with E-state index in [1.807, 2.05) is 6.33 Å². The molecule has 1 aromatic carbocycles. The molecule has 3 rings (SSSR count). The quantitative estimate of drug-likeness (QED) is 0.878. The summed E-state index contributed by atoms with van der Waals surface area (Å²) in [5.41, 5.74) is 2.36. The molecule has 0 aliphatic heterocycles. The van der Waals surface area contributed by atoms with Crippen molar-refractivity contribution < 1.29 is 0 Å². The molecule has 96 valence electrons. The highest BCUT2D eigenvalue weighted by Crippen LogP contribution is 2.34. The van der Waals surface area contributed by atoms with E-state index in [0.29, 0.717) is 12.1 Å². The summed E-state index contributed by atoms with van der Waals surface area (Å²) in [5, 5.41) is 3.48. The number of aromatic nitrogens is 2. The summed E-state index contributed by atoms with van der Waals surface area (Å²) in [4.78, 5) is 4.52. The van der Waals surface area contributed by atoms with E-state index in [1.54, 1.807) is 0 Å². The molecule has 2 aromatic rings. The molecule has 0 radical (unpaired) electrons. The first-order valence-electron chi connectivity index (χ1n) is 6.88. The summed E-state index contributed by atoms with van der Waals surface area (Å²) in [6, 6.07) is 9.52. The van der Waals surface area contributed by atoms with Gasteiger partial charge in [-0.3, -0.25) is 0 Å². The molecule has 0 amide bonds. The van der Waals surface area contributed by atoms with E-state index in [2.05, 4.69) is 53.1 Å². The zero-order valence-electron chi connectivity index (χ0n) is 11.1. The molecule has 0 bridgehead atoms. The number of nitrogens with zero attached hydrogens (tertiary/aromatic N) is 2. The third kappa shape index (κ3) is 1.93. The second kappa shape index (κ2) is 4.73. The summed E-state index contributed by atoms with van der Waals surface area (Å²) in [5.74, 6) is 0.806. The smallest absolute Gasteiger partial charge is 0.0961 e. The van der Waals surface area contributed by atoms with Gasteiger partial charge < -0.3 is 9.88 Å². The van der Waals surface area contributed by atoms with Crippen LogP contribution in [0.4, 0.5) is 0 Å². The molecular weight excluding hydrogens is 222 g/mol. The molecule has 1 aromatic heterocycles. The average molecular weight is 243 g/mol. The predicted octanol–water partition coefficient (Wildman–Crippen LogP) is 2.99. The first-order chi connectivity index (χ1) is 8.79. The number of nitrogens with one attached hydrogen (secondary N) is 1. The van der Waals surface area contributed by atoms with Gasteiger partial charge in [-0.05, 0) is 44.4 Å². The van der Waals surface area contributed by atoms with E-state index in [0.717, 1.165) is 11.4 Å². The molecule has 3 unspecified atom stereocenters. The molecule has 1 aliphatic rings. The van der Waals surface area contributed by atoms with Crippen molar-refractivity contribution in [2.75, 3.05) is 7.05 Å². The monoisotopic (exact) mass is 243 g/mol. The SMILES string of the molecule is CNC1CCC(C)CC1n1cnc2ccccc21. The van der Waals surface area contributed by atoms with Gasteiger partial charge >= 0.3 is 0 Å². The van der Waals surface area contributed by atoms with Crippen LogP contribution in [-0.4, -0.2) is 22.6 Å². The third-order valence-electron chi connectivity index (χ3n) is 4.29. The van der Waals surface area contributed by atoms with E-state index in [1.165, 1.54) is 24.8 Å². The Balaban J connectivity index is 2.01. The van der Waals surface area contributed by atoms with Gasteiger partial charge in [-0.1, -0.05) is 19.1 Å². The largest absolute Gasteiger partial charge is 0.326 e. The number of likely N-dealkylation sites (N-methyl/N-ethyl adjacent to an activating group) is 1. The Kier molecular flexibility index (Phi) is 3.08. The van der Waals surface area contributed by atoms with Crippen molar-refractivity contribution in [2.24, 2.45) is 5.92 Å². The lowest BCUT2D eigenvalue weighted by molar-refractivity contribution is 0.227. The van der Waals surface area contributed by atoms with Gasteiger partial charge in [-0.25, -0.2) is 4.98 Å². The molecule has 1 N–H and O–H groups in total. The first-order valence-corrected chi connectivity index (χ1v) is 6.88. The number of hydrogen-bond donors (Lipinski definition) is 1. The predicted molar refractivity (Wildman–Crippen MR) is 74.6 cm³/mol. The van der Waals surface area contributed by atoms with Crippen LogP contribution in [0.15, 0.2) is 30.6 Å². The van der Waals surface area contributed by atoms with Crippen LogP contribution in [0.1, 0.15) is 32.2 Å². The summed E-state index contributed by atoms with van der Waals surface area (Å²) in [6.07, 6.45) is 5.84. The second-order valence-electron chi connectivity index (χ2n) is 5.52. The molecule has 1 saturated carbocycles. The number of rotatable bonds is 2. The summed E-state index contributed by atoms with van der Waals surface area (Å²) in [6.45, 7) is 2.36. The number of fused-ring (bicyclic) bond motifs is 1. The van der Waals surface area contributed by atoms with Gasteiger partial charge in [0.25, 0.3) is 0 Å². The minimum absolute atomic E-state index is 0.533. The molecule has 3 heteroatoms. The molecule has 1 heterocycles. The van der Waals surface area contributed by atoms with E-state index in [4.69, 9.17) is 0 Å². The lowest BCUT2D eigenvalue weighted by Crippen LogP contribution is -2.39. The van der Waals surface area contributed by atoms with Crippen LogP contribution in [0.5, 0.6) is 0 Å². The molecular formula is C15H21N3. The Hall–Kier alpha value is -1.35. The first kappa shape index (κ1) is 11.7. The van der Waals surface area contributed by atoms with Crippen LogP contribution in [0.3, 0.4) is 0 Å². The van der Waals surface area contributed by atoms with Gasteiger partial charge in [-0.2, -0.15) is 0 Å². The topological polar surface area (TPSA) is 29.9 Å². The van der Waals surface area contributed by atoms with Gasteiger partial charge in [0.1, 0.15) is 0 Å². The zero-order chi connectivity index (χ0) is 12.5. The highest BCUT2D eigenvalue weighted by Gasteiger charge is 2.29. The normalized spacial score (nSPS) is 28.7. The highest BCUT2D eigenvalue weighted by molar-refractivity contribution is 5.75. The Bertz CT molecular complexity index is 531. The van der Waals surface area contributed by atoms with Crippen molar-refractivity contribution in [3.8, 4) is 0 Å². The van der Waals surface area contributed by atoms with E-state index < -0.39 is 0 Å². The van der Waals surface area contributed by atoms with Gasteiger partial charge in [0.15, 0.2) is 0 Å². The third-order valence-corrected chi connectivity index (χ3v) is 4.29. The van der Waals surface area contributed by atoms with Crippen molar-refractivity contribution in [1.29, 1.82) is 0 Å². The van der Waals surface area contributed by atoms with Gasteiger partial charge in [0.05, 0.1) is 23.4 Å². The van der Waals surface area contributed by atoms with Crippen LogP contribution in [-0.2, 0) is 0 Å². The second-order valence-corrected chi connectivity index (χ2v) is 5.52. The van der Waals surface area contributed by atoms with Crippen molar-refractivity contribution >= 4 is 11.0 Å². The minimum Gasteiger partial charge on any atom is -0.326 e. The van der Waals surface area contributed by atoms with Crippen LogP contribution >= 0.6 is 0 Å². The number of imidazole rings is 1.